The van der Waals surface area contributed by atoms with Crippen LogP contribution in [0.25, 0.3) is 11.3 Å². The first-order chi connectivity index (χ1) is 11.5. The largest absolute Gasteiger partial charge is 0.336 e. The number of aromatic amines is 1. The first-order valence-corrected chi connectivity index (χ1v) is 8.72. The molecular formula is C18H20N4OS. The molecule has 0 bridgehead atoms. The summed E-state index contributed by atoms with van der Waals surface area (Å²) in [7, 11) is 1.81. The molecule has 6 heteroatoms. The second-order valence-electron chi connectivity index (χ2n) is 6.04. The van der Waals surface area contributed by atoms with E-state index >= 15 is 0 Å². The highest BCUT2D eigenvalue weighted by atomic mass is 32.1. The number of amides is 1. The Morgan fingerprint density at radius 1 is 1.25 bits per heavy atom. The van der Waals surface area contributed by atoms with Crippen LogP contribution < -0.4 is 0 Å². The molecule has 1 amide bonds. The number of H-pyrrole nitrogens is 1. The van der Waals surface area contributed by atoms with Crippen LogP contribution in [-0.2, 0) is 6.54 Å². The molecule has 0 unspecified atom stereocenters. The molecule has 0 aliphatic carbocycles. The molecule has 0 atom stereocenters. The van der Waals surface area contributed by atoms with Crippen LogP contribution in [0.5, 0.6) is 0 Å². The van der Waals surface area contributed by atoms with Crippen molar-refractivity contribution >= 4 is 17.2 Å². The second-order valence-corrected chi connectivity index (χ2v) is 6.93. The second kappa shape index (κ2) is 6.97. The Hall–Kier alpha value is -2.47. The monoisotopic (exact) mass is 340 g/mol. The average Bonchev–Trinajstić information content (AvgIpc) is 3.26. The molecule has 0 aliphatic heterocycles. The topological polar surface area (TPSA) is 61.9 Å². The minimum atomic E-state index is -0.00902. The number of carbonyl (C=O) groups excluding carboxylic acids is 1. The van der Waals surface area contributed by atoms with Gasteiger partial charge in [-0.2, -0.15) is 5.10 Å². The van der Waals surface area contributed by atoms with Gasteiger partial charge in [0.1, 0.15) is 0 Å². The van der Waals surface area contributed by atoms with Gasteiger partial charge < -0.3 is 4.90 Å². The lowest BCUT2D eigenvalue weighted by molar-refractivity contribution is 0.0783. The van der Waals surface area contributed by atoms with E-state index in [4.69, 9.17) is 0 Å². The Kier molecular flexibility index (Phi) is 4.76. The number of nitrogens with one attached hydrogen (secondary N) is 1. The predicted molar refractivity (Wildman–Crippen MR) is 96.0 cm³/mol. The minimum absolute atomic E-state index is 0.00902. The van der Waals surface area contributed by atoms with Crippen LogP contribution in [-0.4, -0.2) is 33.0 Å². The van der Waals surface area contributed by atoms with Crippen LogP contribution in [0.4, 0.5) is 0 Å². The molecule has 0 spiro atoms. The van der Waals surface area contributed by atoms with Crippen molar-refractivity contribution < 1.29 is 4.79 Å². The Morgan fingerprint density at radius 3 is 2.58 bits per heavy atom. The fraction of sp³-hybridized carbons (Fsp3) is 0.278. The highest BCUT2D eigenvalue weighted by molar-refractivity contribution is 7.09. The molecule has 24 heavy (non-hydrogen) atoms. The molecule has 0 radical (unpaired) electrons. The van der Waals surface area contributed by atoms with Gasteiger partial charge in [-0.3, -0.25) is 9.89 Å². The van der Waals surface area contributed by atoms with E-state index in [2.05, 4.69) is 29.0 Å². The Balaban J connectivity index is 1.68. The number of carbonyl (C=O) groups is 1. The van der Waals surface area contributed by atoms with Crippen molar-refractivity contribution in [1.29, 1.82) is 0 Å². The SMILES string of the molecule is CC(C)c1nc(CN(C)C(=O)c2ccc(-c3ccn[nH]3)cc2)cs1. The summed E-state index contributed by atoms with van der Waals surface area (Å²) < 4.78 is 0. The molecule has 0 saturated heterocycles. The van der Waals surface area contributed by atoms with Crippen LogP contribution in [0.15, 0.2) is 41.9 Å². The van der Waals surface area contributed by atoms with Crippen molar-refractivity contribution in [1.82, 2.24) is 20.1 Å². The number of hydrogen-bond donors (Lipinski definition) is 1. The van der Waals surface area contributed by atoms with Gasteiger partial charge in [-0.05, 0) is 23.8 Å². The fourth-order valence-electron chi connectivity index (χ4n) is 2.40. The standard InChI is InChI=1S/C18H20N4OS/c1-12(2)17-20-15(11-24-17)10-22(3)18(23)14-6-4-13(5-7-14)16-8-9-19-21-16/h4-9,11-12H,10H2,1-3H3,(H,19,21). The predicted octanol–water partition coefficient (Wildman–Crippen LogP) is 3.93. The number of benzene rings is 1. The summed E-state index contributed by atoms with van der Waals surface area (Å²) in [4.78, 5) is 18.9. The highest BCUT2D eigenvalue weighted by Gasteiger charge is 2.14. The lowest BCUT2D eigenvalue weighted by Gasteiger charge is -2.16. The number of rotatable bonds is 5. The molecule has 5 nitrogen and oxygen atoms in total. The van der Waals surface area contributed by atoms with Gasteiger partial charge in [-0.15, -0.1) is 11.3 Å². The molecule has 124 valence electrons. The summed E-state index contributed by atoms with van der Waals surface area (Å²) in [6, 6.07) is 9.44. The van der Waals surface area contributed by atoms with Crippen molar-refractivity contribution in [2.45, 2.75) is 26.3 Å². The Morgan fingerprint density at radius 2 is 2.00 bits per heavy atom. The van der Waals surface area contributed by atoms with E-state index in [1.54, 1.807) is 29.5 Å². The summed E-state index contributed by atoms with van der Waals surface area (Å²) in [6.45, 7) is 4.77. The van der Waals surface area contributed by atoms with Gasteiger partial charge in [0.2, 0.25) is 0 Å². The molecule has 1 N–H and O–H groups in total. The minimum Gasteiger partial charge on any atom is -0.336 e. The van der Waals surface area contributed by atoms with Crippen LogP contribution in [0.1, 0.15) is 40.8 Å². The molecule has 2 aromatic heterocycles. The Bertz CT molecular complexity index is 806. The molecule has 1 aromatic carbocycles. The average molecular weight is 340 g/mol. The molecule has 3 aromatic rings. The van der Waals surface area contributed by atoms with Gasteiger partial charge in [0.05, 0.1) is 22.9 Å². The number of thiazole rings is 1. The van der Waals surface area contributed by atoms with Gasteiger partial charge in [0.15, 0.2) is 0 Å². The quantitative estimate of drug-likeness (QED) is 0.765. The summed E-state index contributed by atoms with van der Waals surface area (Å²) in [5.41, 5.74) is 3.55. The van der Waals surface area contributed by atoms with Gasteiger partial charge in [0, 0.05) is 30.1 Å². The third-order valence-corrected chi connectivity index (χ3v) is 4.95. The van der Waals surface area contributed by atoms with E-state index in [1.165, 1.54) is 0 Å². The highest BCUT2D eigenvalue weighted by Crippen LogP contribution is 2.21. The molecule has 0 fully saturated rings. The summed E-state index contributed by atoms with van der Waals surface area (Å²) in [5.74, 6) is 0.407. The third kappa shape index (κ3) is 3.54. The zero-order chi connectivity index (χ0) is 17.1. The third-order valence-electron chi connectivity index (χ3n) is 3.75. The van der Waals surface area contributed by atoms with Crippen molar-refractivity contribution in [3.05, 3.63) is 58.2 Å². The van der Waals surface area contributed by atoms with Crippen molar-refractivity contribution in [3.63, 3.8) is 0 Å². The summed E-state index contributed by atoms with van der Waals surface area (Å²) >= 11 is 1.65. The molecule has 0 saturated carbocycles. The molecule has 2 heterocycles. The number of nitrogens with zero attached hydrogens (tertiary/aromatic N) is 3. The van der Waals surface area contributed by atoms with E-state index in [1.807, 2.05) is 35.7 Å². The maximum Gasteiger partial charge on any atom is 0.253 e. The van der Waals surface area contributed by atoms with E-state index in [0.717, 1.165) is 22.0 Å². The van der Waals surface area contributed by atoms with Crippen molar-refractivity contribution in [2.24, 2.45) is 0 Å². The fourth-order valence-corrected chi connectivity index (χ4v) is 3.23. The lowest BCUT2D eigenvalue weighted by atomic mass is 10.1. The van der Waals surface area contributed by atoms with E-state index in [-0.39, 0.29) is 5.91 Å². The first-order valence-electron chi connectivity index (χ1n) is 7.84. The van der Waals surface area contributed by atoms with E-state index in [9.17, 15) is 4.79 Å². The maximum absolute atomic E-state index is 12.6. The smallest absolute Gasteiger partial charge is 0.253 e. The number of hydrogen-bond acceptors (Lipinski definition) is 4. The number of aromatic nitrogens is 3. The zero-order valence-corrected chi connectivity index (χ0v) is 14.8. The maximum atomic E-state index is 12.6. The molecular weight excluding hydrogens is 320 g/mol. The van der Waals surface area contributed by atoms with Crippen molar-refractivity contribution in [3.8, 4) is 11.3 Å². The molecule has 0 aliphatic rings. The lowest BCUT2D eigenvalue weighted by Crippen LogP contribution is -2.26. The normalized spacial score (nSPS) is 11.0. The van der Waals surface area contributed by atoms with Crippen LogP contribution in [0.3, 0.4) is 0 Å². The van der Waals surface area contributed by atoms with Gasteiger partial charge in [-0.1, -0.05) is 26.0 Å². The van der Waals surface area contributed by atoms with Gasteiger partial charge in [-0.25, -0.2) is 4.98 Å². The van der Waals surface area contributed by atoms with Crippen LogP contribution in [0, 0.1) is 0 Å². The van der Waals surface area contributed by atoms with Crippen LogP contribution >= 0.6 is 11.3 Å². The summed E-state index contributed by atoms with van der Waals surface area (Å²) in [5, 5.41) is 9.99. The van der Waals surface area contributed by atoms with E-state index < -0.39 is 0 Å². The first kappa shape index (κ1) is 16.4. The van der Waals surface area contributed by atoms with Gasteiger partial charge in [0.25, 0.3) is 5.91 Å². The van der Waals surface area contributed by atoms with Crippen LogP contribution in [0.2, 0.25) is 0 Å². The van der Waals surface area contributed by atoms with Crippen molar-refractivity contribution in [2.75, 3.05) is 7.05 Å². The zero-order valence-electron chi connectivity index (χ0n) is 14.0. The van der Waals surface area contributed by atoms with E-state index in [0.29, 0.717) is 18.0 Å². The summed E-state index contributed by atoms with van der Waals surface area (Å²) in [6.07, 6.45) is 1.71. The molecule has 3 rings (SSSR count). The van der Waals surface area contributed by atoms with Gasteiger partial charge >= 0.3 is 0 Å². The Labute approximate surface area is 145 Å².